The van der Waals surface area contributed by atoms with Crippen LogP contribution in [0.3, 0.4) is 0 Å². The summed E-state index contributed by atoms with van der Waals surface area (Å²) in [5.41, 5.74) is 0.139. The quantitative estimate of drug-likeness (QED) is 0.894. The molecule has 1 N–H and O–H groups in total. The van der Waals surface area contributed by atoms with Crippen molar-refractivity contribution in [3.8, 4) is 0 Å². The normalized spacial score (nSPS) is 33.1. The molecule has 4 nitrogen and oxygen atoms in total. The number of nitrogens with one attached hydrogen (secondary N) is 1. The van der Waals surface area contributed by atoms with Gasteiger partial charge in [-0.1, -0.05) is 0 Å². The van der Waals surface area contributed by atoms with Crippen molar-refractivity contribution in [3.63, 3.8) is 0 Å². The molecule has 0 bridgehead atoms. The second kappa shape index (κ2) is 4.74. The number of hydrogen-bond acceptors (Lipinski definition) is 6. The lowest BCUT2D eigenvalue weighted by molar-refractivity contribution is -0.0628. The average Bonchev–Trinajstić information content (AvgIpc) is 2.89. The molecule has 3 heterocycles. The van der Waals surface area contributed by atoms with E-state index in [0.29, 0.717) is 6.04 Å². The summed E-state index contributed by atoms with van der Waals surface area (Å²) in [5.74, 6) is 3.25. The van der Waals surface area contributed by atoms with Crippen LogP contribution in [0.2, 0.25) is 0 Å². The van der Waals surface area contributed by atoms with E-state index >= 15 is 0 Å². The van der Waals surface area contributed by atoms with E-state index in [2.05, 4.69) is 14.7 Å². The van der Waals surface area contributed by atoms with E-state index in [4.69, 9.17) is 4.74 Å². The van der Waals surface area contributed by atoms with Gasteiger partial charge in [0.2, 0.25) is 5.13 Å². The van der Waals surface area contributed by atoms with Crippen LogP contribution in [0.15, 0.2) is 0 Å². The van der Waals surface area contributed by atoms with E-state index in [1.165, 1.54) is 23.7 Å². The van der Waals surface area contributed by atoms with Gasteiger partial charge in [-0.05, 0) is 31.9 Å². The van der Waals surface area contributed by atoms with Crippen molar-refractivity contribution < 1.29 is 4.74 Å². The third kappa shape index (κ3) is 2.58. The van der Waals surface area contributed by atoms with E-state index in [1.807, 2.05) is 18.7 Å². The largest absolute Gasteiger partial charge is 0.374 e. The third-order valence-electron chi connectivity index (χ3n) is 3.42. The van der Waals surface area contributed by atoms with Crippen molar-refractivity contribution in [2.45, 2.75) is 37.8 Å². The standard InChI is InChI=1S/C11H17N3OS2/c1-8-12-10(17-14-8)13-9-2-4-15-11(6-9)3-5-16-7-11/h9H,2-7H2,1H3,(H,12,13,14)/t9-,11+/m1/s1. The van der Waals surface area contributed by atoms with Gasteiger partial charge in [0.1, 0.15) is 5.82 Å². The lowest BCUT2D eigenvalue weighted by Crippen LogP contribution is -2.44. The summed E-state index contributed by atoms with van der Waals surface area (Å²) >= 11 is 3.47. The van der Waals surface area contributed by atoms with Gasteiger partial charge in [-0.15, -0.1) is 0 Å². The highest BCUT2D eigenvalue weighted by atomic mass is 32.2. The molecule has 1 aromatic rings. The first-order chi connectivity index (χ1) is 8.26. The number of thioether (sulfide) groups is 1. The molecular formula is C11H17N3OS2. The molecule has 2 fully saturated rings. The minimum absolute atomic E-state index is 0.139. The van der Waals surface area contributed by atoms with E-state index in [-0.39, 0.29) is 5.60 Å². The molecule has 0 unspecified atom stereocenters. The topological polar surface area (TPSA) is 47.0 Å². The molecule has 2 aliphatic rings. The van der Waals surface area contributed by atoms with E-state index in [9.17, 15) is 0 Å². The minimum Gasteiger partial charge on any atom is -0.374 e. The van der Waals surface area contributed by atoms with E-state index < -0.39 is 0 Å². The molecule has 3 rings (SSSR count). The van der Waals surface area contributed by atoms with E-state index in [0.717, 1.165) is 36.2 Å². The van der Waals surface area contributed by atoms with Gasteiger partial charge in [0, 0.05) is 29.9 Å². The van der Waals surface area contributed by atoms with Crippen molar-refractivity contribution in [1.82, 2.24) is 9.36 Å². The number of nitrogens with zero attached hydrogens (tertiary/aromatic N) is 2. The Hall–Kier alpha value is -0.330. The predicted octanol–water partition coefficient (Wildman–Crippen LogP) is 2.31. The molecule has 2 saturated heterocycles. The zero-order valence-electron chi connectivity index (χ0n) is 9.94. The van der Waals surface area contributed by atoms with Crippen LogP contribution in [0.4, 0.5) is 5.13 Å². The first-order valence-corrected chi connectivity index (χ1v) is 7.97. The lowest BCUT2D eigenvalue weighted by atomic mass is 9.90. The fourth-order valence-electron chi connectivity index (χ4n) is 2.54. The predicted molar refractivity (Wildman–Crippen MR) is 71.9 cm³/mol. The second-order valence-corrected chi connectivity index (χ2v) is 6.67. The van der Waals surface area contributed by atoms with Crippen molar-refractivity contribution in [2.24, 2.45) is 0 Å². The number of ether oxygens (including phenoxy) is 1. The van der Waals surface area contributed by atoms with Crippen molar-refractivity contribution in [1.29, 1.82) is 0 Å². The fourth-order valence-corrected chi connectivity index (χ4v) is 4.57. The second-order valence-electron chi connectivity index (χ2n) is 4.81. The van der Waals surface area contributed by atoms with Crippen LogP contribution in [0.25, 0.3) is 0 Å². The van der Waals surface area contributed by atoms with Gasteiger partial charge in [0.25, 0.3) is 0 Å². The fraction of sp³-hybridized carbons (Fsp3) is 0.818. The summed E-state index contributed by atoms with van der Waals surface area (Å²) in [4.78, 5) is 4.37. The zero-order chi connectivity index (χ0) is 11.7. The number of hydrogen-bond donors (Lipinski definition) is 1. The molecular weight excluding hydrogens is 254 g/mol. The van der Waals surface area contributed by atoms with Gasteiger partial charge < -0.3 is 10.1 Å². The Morgan fingerprint density at radius 1 is 1.53 bits per heavy atom. The molecule has 6 heteroatoms. The molecule has 0 radical (unpaired) electrons. The molecule has 0 aromatic carbocycles. The van der Waals surface area contributed by atoms with Gasteiger partial charge in [-0.25, -0.2) is 4.98 Å². The summed E-state index contributed by atoms with van der Waals surface area (Å²) < 4.78 is 10.2. The zero-order valence-corrected chi connectivity index (χ0v) is 11.6. The molecule has 2 aliphatic heterocycles. The molecule has 1 spiro atoms. The molecule has 1 aromatic heterocycles. The maximum atomic E-state index is 6.01. The molecule has 0 amide bonds. The molecule has 94 valence electrons. The van der Waals surface area contributed by atoms with Crippen LogP contribution in [0.1, 0.15) is 25.1 Å². The van der Waals surface area contributed by atoms with Crippen LogP contribution in [0, 0.1) is 6.92 Å². The highest BCUT2D eigenvalue weighted by Gasteiger charge is 2.40. The highest BCUT2D eigenvalue weighted by molar-refractivity contribution is 7.99. The maximum absolute atomic E-state index is 6.01. The van der Waals surface area contributed by atoms with Crippen molar-refractivity contribution in [3.05, 3.63) is 5.82 Å². The average molecular weight is 271 g/mol. The van der Waals surface area contributed by atoms with Gasteiger partial charge in [-0.2, -0.15) is 16.1 Å². The first kappa shape index (κ1) is 11.7. The third-order valence-corrected chi connectivity index (χ3v) is 5.38. The van der Waals surface area contributed by atoms with Gasteiger partial charge >= 0.3 is 0 Å². The maximum Gasteiger partial charge on any atom is 0.202 e. The van der Waals surface area contributed by atoms with Crippen LogP contribution < -0.4 is 5.32 Å². The first-order valence-electron chi connectivity index (χ1n) is 6.04. The Bertz CT molecular complexity index is 390. The SMILES string of the molecule is Cc1nsc(N[C@@H]2CCO[C@@]3(CCSC3)C2)n1. The summed E-state index contributed by atoms with van der Waals surface area (Å²) in [7, 11) is 0. The van der Waals surface area contributed by atoms with Crippen LogP contribution >= 0.6 is 23.3 Å². The molecule has 0 aliphatic carbocycles. The number of aromatic nitrogens is 2. The van der Waals surface area contributed by atoms with Gasteiger partial charge in [0.05, 0.1) is 5.60 Å². The Kier molecular flexibility index (Phi) is 3.28. The Labute approximate surface area is 110 Å². The smallest absolute Gasteiger partial charge is 0.202 e. The summed E-state index contributed by atoms with van der Waals surface area (Å²) in [6.45, 7) is 2.80. The van der Waals surface area contributed by atoms with Crippen molar-refractivity contribution in [2.75, 3.05) is 23.4 Å². The lowest BCUT2D eigenvalue weighted by Gasteiger charge is -2.37. The monoisotopic (exact) mass is 271 g/mol. The van der Waals surface area contributed by atoms with Crippen LogP contribution in [-0.4, -0.2) is 39.1 Å². The molecule has 17 heavy (non-hydrogen) atoms. The van der Waals surface area contributed by atoms with Gasteiger partial charge in [-0.3, -0.25) is 0 Å². The number of aryl methyl sites for hydroxylation is 1. The van der Waals surface area contributed by atoms with Crippen molar-refractivity contribution >= 4 is 28.4 Å². The minimum atomic E-state index is 0.139. The Morgan fingerprint density at radius 3 is 3.18 bits per heavy atom. The molecule has 2 atom stereocenters. The van der Waals surface area contributed by atoms with E-state index in [1.54, 1.807) is 0 Å². The Balaban J connectivity index is 1.64. The summed E-state index contributed by atoms with van der Waals surface area (Å²) in [6.07, 6.45) is 3.38. The highest BCUT2D eigenvalue weighted by Crippen LogP contribution is 2.38. The Morgan fingerprint density at radius 2 is 2.47 bits per heavy atom. The van der Waals surface area contributed by atoms with Crippen LogP contribution in [-0.2, 0) is 4.74 Å². The number of anilines is 1. The summed E-state index contributed by atoms with van der Waals surface area (Å²) in [6, 6.07) is 0.495. The summed E-state index contributed by atoms with van der Waals surface area (Å²) in [5, 5.41) is 4.46. The number of rotatable bonds is 2. The van der Waals surface area contributed by atoms with Gasteiger partial charge in [0.15, 0.2) is 0 Å². The van der Waals surface area contributed by atoms with Crippen LogP contribution in [0.5, 0.6) is 0 Å². The molecule has 0 saturated carbocycles.